The molecule has 0 fully saturated rings. The van der Waals surface area contributed by atoms with Crippen LogP contribution in [0.2, 0.25) is 0 Å². The lowest BCUT2D eigenvalue weighted by molar-refractivity contribution is -0.384. The highest BCUT2D eigenvalue weighted by molar-refractivity contribution is 5.72. The standard InChI is InChI=1S/C11H13N3O3/c1-2-5-12-11-8-9(14(16)17)3-4-10(11)13-6-7-15/h1,3-4,8,12-13,15H,5-7H2. The first-order chi connectivity index (χ1) is 8.19. The zero-order valence-electron chi connectivity index (χ0n) is 9.14. The van der Waals surface area contributed by atoms with Crippen LogP contribution in [0.4, 0.5) is 17.1 Å². The van der Waals surface area contributed by atoms with Crippen molar-refractivity contribution in [2.24, 2.45) is 0 Å². The van der Waals surface area contributed by atoms with Crippen LogP contribution in [-0.2, 0) is 0 Å². The molecule has 0 aliphatic rings. The summed E-state index contributed by atoms with van der Waals surface area (Å²) >= 11 is 0. The van der Waals surface area contributed by atoms with Crippen LogP contribution in [0.1, 0.15) is 0 Å². The zero-order valence-corrected chi connectivity index (χ0v) is 9.14. The Balaban J connectivity index is 2.95. The summed E-state index contributed by atoms with van der Waals surface area (Å²) < 4.78 is 0. The van der Waals surface area contributed by atoms with Gasteiger partial charge < -0.3 is 15.7 Å². The summed E-state index contributed by atoms with van der Waals surface area (Å²) in [5.74, 6) is 2.39. The fourth-order valence-corrected chi connectivity index (χ4v) is 1.28. The predicted octanol–water partition coefficient (Wildman–Crippen LogP) is 1.04. The fourth-order valence-electron chi connectivity index (χ4n) is 1.28. The summed E-state index contributed by atoms with van der Waals surface area (Å²) in [5.41, 5.74) is 1.20. The van der Waals surface area contributed by atoms with Gasteiger partial charge in [0.25, 0.3) is 5.69 Å². The molecule has 3 N–H and O–H groups in total. The summed E-state index contributed by atoms with van der Waals surface area (Å²) in [6.07, 6.45) is 5.12. The highest BCUT2D eigenvalue weighted by Crippen LogP contribution is 2.26. The van der Waals surface area contributed by atoms with Gasteiger partial charge in [0.15, 0.2) is 0 Å². The van der Waals surface area contributed by atoms with E-state index in [0.717, 1.165) is 0 Å². The number of terminal acetylenes is 1. The van der Waals surface area contributed by atoms with E-state index in [1.807, 2.05) is 0 Å². The lowest BCUT2D eigenvalue weighted by Crippen LogP contribution is -2.09. The van der Waals surface area contributed by atoms with Gasteiger partial charge in [-0.05, 0) is 6.07 Å². The maximum Gasteiger partial charge on any atom is 0.271 e. The van der Waals surface area contributed by atoms with Crippen molar-refractivity contribution < 1.29 is 10.0 Å². The molecule has 1 rings (SSSR count). The van der Waals surface area contributed by atoms with Crippen LogP contribution in [0.15, 0.2) is 18.2 Å². The molecule has 0 radical (unpaired) electrons. The van der Waals surface area contributed by atoms with Crippen molar-refractivity contribution in [3.05, 3.63) is 28.3 Å². The monoisotopic (exact) mass is 235 g/mol. The van der Waals surface area contributed by atoms with Gasteiger partial charge in [-0.25, -0.2) is 0 Å². The molecule has 1 aromatic carbocycles. The summed E-state index contributed by atoms with van der Waals surface area (Å²) in [7, 11) is 0. The number of aliphatic hydroxyl groups is 1. The van der Waals surface area contributed by atoms with Crippen LogP contribution in [0, 0.1) is 22.5 Å². The Hall–Kier alpha value is -2.26. The number of non-ortho nitro benzene ring substituents is 1. The Labute approximate surface area is 98.8 Å². The minimum absolute atomic E-state index is 0.0148. The first kappa shape index (κ1) is 12.8. The molecule has 6 nitrogen and oxygen atoms in total. The lowest BCUT2D eigenvalue weighted by Gasteiger charge is -2.11. The molecule has 0 aliphatic heterocycles. The van der Waals surface area contributed by atoms with Gasteiger partial charge in [0.05, 0.1) is 29.4 Å². The van der Waals surface area contributed by atoms with E-state index < -0.39 is 4.92 Å². The molecule has 0 unspecified atom stereocenters. The van der Waals surface area contributed by atoms with Crippen LogP contribution >= 0.6 is 0 Å². The largest absolute Gasteiger partial charge is 0.395 e. The van der Waals surface area contributed by atoms with Gasteiger partial charge in [0, 0.05) is 18.7 Å². The van der Waals surface area contributed by atoms with Gasteiger partial charge in [0.1, 0.15) is 0 Å². The number of nitrogens with zero attached hydrogens (tertiary/aromatic N) is 1. The Kier molecular flexibility index (Phi) is 4.78. The second-order valence-electron chi connectivity index (χ2n) is 3.20. The van der Waals surface area contributed by atoms with E-state index in [1.165, 1.54) is 12.1 Å². The third-order valence-corrected chi connectivity index (χ3v) is 2.02. The van der Waals surface area contributed by atoms with Crippen molar-refractivity contribution >= 4 is 17.1 Å². The van der Waals surface area contributed by atoms with E-state index in [-0.39, 0.29) is 18.8 Å². The maximum absolute atomic E-state index is 10.6. The van der Waals surface area contributed by atoms with Crippen molar-refractivity contribution in [3.63, 3.8) is 0 Å². The van der Waals surface area contributed by atoms with Crippen LogP contribution in [-0.4, -0.2) is 29.7 Å². The molecule has 1 aromatic rings. The average molecular weight is 235 g/mol. The second kappa shape index (κ2) is 6.35. The summed E-state index contributed by atoms with van der Waals surface area (Å²) in [6, 6.07) is 4.37. The van der Waals surface area contributed by atoms with E-state index in [0.29, 0.717) is 17.9 Å². The van der Waals surface area contributed by atoms with Gasteiger partial charge in [0.2, 0.25) is 0 Å². The number of hydrogen-bond acceptors (Lipinski definition) is 5. The maximum atomic E-state index is 10.6. The van der Waals surface area contributed by atoms with Gasteiger partial charge in [-0.1, -0.05) is 5.92 Å². The van der Waals surface area contributed by atoms with Gasteiger partial charge in [-0.3, -0.25) is 10.1 Å². The van der Waals surface area contributed by atoms with Crippen molar-refractivity contribution in [3.8, 4) is 12.3 Å². The zero-order chi connectivity index (χ0) is 12.7. The molecule has 0 spiro atoms. The molecule has 0 aromatic heterocycles. The smallest absolute Gasteiger partial charge is 0.271 e. The van der Waals surface area contributed by atoms with Crippen LogP contribution in [0.25, 0.3) is 0 Å². The Morgan fingerprint density at radius 2 is 2.18 bits per heavy atom. The Morgan fingerprint density at radius 3 is 2.76 bits per heavy atom. The summed E-state index contributed by atoms with van der Waals surface area (Å²) in [5, 5.41) is 25.2. The van der Waals surface area contributed by atoms with E-state index in [2.05, 4.69) is 16.6 Å². The molecule has 90 valence electrons. The molecular formula is C11H13N3O3. The molecular weight excluding hydrogens is 222 g/mol. The number of aliphatic hydroxyl groups excluding tert-OH is 1. The topological polar surface area (TPSA) is 87.4 Å². The van der Waals surface area contributed by atoms with Gasteiger partial charge in [-0.15, -0.1) is 6.42 Å². The van der Waals surface area contributed by atoms with E-state index in [1.54, 1.807) is 6.07 Å². The molecule has 0 aliphatic carbocycles. The first-order valence-corrected chi connectivity index (χ1v) is 4.99. The number of benzene rings is 1. The van der Waals surface area contributed by atoms with E-state index >= 15 is 0 Å². The molecule has 0 bridgehead atoms. The number of anilines is 2. The third-order valence-electron chi connectivity index (χ3n) is 2.02. The molecule has 0 amide bonds. The third kappa shape index (κ3) is 3.66. The minimum Gasteiger partial charge on any atom is -0.395 e. The van der Waals surface area contributed by atoms with Gasteiger partial charge in [-0.2, -0.15) is 0 Å². The predicted molar refractivity (Wildman–Crippen MR) is 66.0 cm³/mol. The number of nitrogens with one attached hydrogen (secondary N) is 2. The van der Waals surface area contributed by atoms with Crippen molar-refractivity contribution in [1.29, 1.82) is 0 Å². The molecule has 0 saturated carbocycles. The average Bonchev–Trinajstić information content (AvgIpc) is 2.34. The second-order valence-corrected chi connectivity index (χ2v) is 3.20. The first-order valence-electron chi connectivity index (χ1n) is 4.99. The van der Waals surface area contributed by atoms with Gasteiger partial charge >= 0.3 is 0 Å². The van der Waals surface area contributed by atoms with Crippen LogP contribution in [0.3, 0.4) is 0 Å². The molecule has 0 saturated heterocycles. The molecule has 6 heteroatoms. The molecule has 0 atom stereocenters. The Bertz CT molecular complexity index is 440. The Morgan fingerprint density at radius 1 is 1.41 bits per heavy atom. The van der Waals surface area contributed by atoms with Crippen molar-refractivity contribution in [2.45, 2.75) is 0 Å². The highest BCUT2D eigenvalue weighted by atomic mass is 16.6. The van der Waals surface area contributed by atoms with E-state index in [9.17, 15) is 10.1 Å². The number of hydrogen-bond donors (Lipinski definition) is 3. The molecule has 17 heavy (non-hydrogen) atoms. The van der Waals surface area contributed by atoms with Crippen LogP contribution < -0.4 is 10.6 Å². The minimum atomic E-state index is -0.475. The number of rotatable bonds is 6. The lowest BCUT2D eigenvalue weighted by atomic mass is 10.2. The SMILES string of the molecule is C#CCNc1cc([N+](=O)[O-])ccc1NCCO. The normalized spacial score (nSPS) is 9.41. The van der Waals surface area contributed by atoms with Crippen molar-refractivity contribution in [1.82, 2.24) is 0 Å². The van der Waals surface area contributed by atoms with Crippen molar-refractivity contribution in [2.75, 3.05) is 30.3 Å². The quantitative estimate of drug-likeness (QED) is 0.389. The summed E-state index contributed by atoms with van der Waals surface area (Å²) in [4.78, 5) is 10.2. The summed E-state index contributed by atoms with van der Waals surface area (Å²) in [6.45, 7) is 0.614. The van der Waals surface area contributed by atoms with E-state index in [4.69, 9.17) is 11.5 Å². The van der Waals surface area contributed by atoms with Crippen LogP contribution in [0.5, 0.6) is 0 Å². The highest BCUT2D eigenvalue weighted by Gasteiger charge is 2.09. The molecule has 0 heterocycles. The number of nitro groups is 1. The number of nitro benzene ring substituents is 1. The fraction of sp³-hybridized carbons (Fsp3) is 0.273.